The summed E-state index contributed by atoms with van der Waals surface area (Å²) in [6, 6.07) is 7.86. The van der Waals surface area contributed by atoms with E-state index in [1.165, 1.54) is 4.90 Å². The quantitative estimate of drug-likeness (QED) is 0.874. The second kappa shape index (κ2) is 5.37. The molecule has 0 spiro atoms. The first-order valence-electron chi connectivity index (χ1n) is 6.98. The van der Waals surface area contributed by atoms with Gasteiger partial charge in [-0.25, -0.2) is 9.59 Å². The third-order valence-electron chi connectivity index (χ3n) is 4.31. The van der Waals surface area contributed by atoms with Gasteiger partial charge in [-0.15, -0.1) is 0 Å². The van der Waals surface area contributed by atoms with Gasteiger partial charge in [0, 0.05) is 0 Å². The van der Waals surface area contributed by atoms with E-state index in [0.717, 1.165) is 5.56 Å². The van der Waals surface area contributed by atoms with Crippen molar-refractivity contribution in [1.82, 2.24) is 4.90 Å². The van der Waals surface area contributed by atoms with Gasteiger partial charge in [0.2, 0.25) is 0 Å². The van der Waals surface area contributed by atoms with Gasteiger partial charge in [-0.3, -0.25) is 4.90 Å². The van der Waals surface area contributed by atoms with Crippen LogP contribution in [-0.4, -0.2) is 45.4 Å². The van der Waals surface area contributed by atoms with Crippen molar-refractivity contribution < 1.29 is 24.5 Å². The summed E-state index contributed by atoms with van der Waals surface area (Å²) in [5.41, 5.74) is 0.836. The highest BCUT2D eigenvalue weighted by atomic mass is 16.6. The molecule has 0 aromatic heterocycles. The van der Waals surface area contributed by atoms with Crippen molar-refractivity contribution in [3.63, 3.8) is 0 Å². The number of piperidine rings is 1. The molecule has 3 rings (SSSR count). The summed E-state index contributed by atoms with van der Waals surface area (Å²) in [6.07, 6.45) is -0.366. The van der Waals surface area contributed by atoms with Gasteiger partial charge in [-0.2, -0.15) is 0 Å². The molecule has 0 unspecified atom stereocenters. The van der Waals surface area contributed by atoms with Gasteiger partial charge < -0.3 is 14.9 Å². The Balaban J connectivity index is 1.69. The first kappa shape index (κ1) is 13.9. The summed E-state index contributed by atoms with van der Waals surface area (Å²) < 4.78 is 5.21. The maximum Gasteiger partial charge on any atom is 0.411 e. The zero-order valence-electron chi connectivity index (χ0n) is 11.4. The van der Waals surface area contributed by atoms with E-state index in [1.807, 2.05) is 30.3 Å². The number of benzene rings is 1. The first-order chi connectivity index (χ1) is 10.1. The van der Waals surface area contributed by atoms with Gasteiger partial charge in [-0.05, 0) is 24.3 Å². The van der Waals surface area contributed by atoms with Gasteiger partial charge in [0.1, 0.15) is 12.6 Å². The van der Waals surface area contributed by atoms with E-state index in [0.29, 0.717) is 12.8 Å². The van der Waals surface area contributed by atoms with Crippen molar-refractivity contribution in [2.24, 2.45) is 5.92 Å². The first-order valence-corrected chi connectivity index (χ1v) is 6.98. The van der Waals surface area contributed by atoms with Crippen LogP contribution in [0.4, 0.5) is 4.79 Å². The molecular formula is C15H17NO5. The van der Waals surface area contributed by atoms with Crippen LogP contribution in [0.25, 0.3) is 0 Å². The van der Waals surface area contributed by atoms with Crippen molar-refractivity contribution in [3.05, 3.63) is 35.9 Å². The molecule has 1 saturated heterocycles. The molecule has 1 aromatic carbocycles. The van der Waals surface area contributed by atoms with Crippen molar-refractivity contribution in [2.45, 2.75) is 37.6 Å². The Morgan fingerprint density at radius 1 is 1.24 bits per heavy atom. The second-order valence-electron chi connectivity index (χ2n) is 5.60. The average Bonchev–Trinajstić information content (AvgIpc) is 3.02. The highest BCUT2D eigenvalue weighted by Crippen LogP contribution is 2.43. The SMILES string of the molecule is O=C(O)[C@H]1[C@@H]2C[C@@H](O)[C@@H](C2)N1C(=O)OCc1ccccc1. The van der Waals surface area contributed by atoms with Gasteiger partial charge in [-0.1, -0.05) is 30.3 Å². The number of aliphatic hydroxyl groups excluding tert-OH is 1. The number of carboxylic acids is 1. The molecule has 21 heavy (non-hydrogen) atoms. The summed E-state index contributed by atoms with van der Waals surface area (Å²) >= 11 is 0. The fourth-order valence-electron chi connectivity index (χ4n) is 3.38. The maximum absolute atomic E-state index is 12.2. The predicted octanol–water partition coefficient (Wildman–Crippen LogP) is 1.23. The van der Waals surface area contributed by atoms with Gasteiger partial charge in [0.25, 0.3) is 0 Å². The third-order valence-corrected chi connectivity index (χ3v) is 4.31. The predicted molar refractivity (Wildman–Crippen MR) is 72.4 cm³/mol. The van der Waals surface area contributed by atoms with Crippen LogP contribution in [0, 0.1) is 5.92 Å². The normalized spacial score (nSPS) is 30.4. The smallest absolute Gasteiger partial charge is 0.411 e. The van der Waals surface area contributed by atoms with Crippen molar-refractivity contribution in [1.29, 1.82) is 0 Å². The monoisotopic (exact) mass is 291 g/mol. The minimum atomic E-state index is -1.04. The Hall–Kier alpha value is -2.08. The Morgan fingerprint density at radius 3 is 2.62 bits per heavy atom. The highest BCUT2D eigenvalue weighted by Gasteiger charge is 2.56. The zero-order valence-corrected chi connectivity index (χ0v) is 11.4. The number of carbonyl (C=O) groups is 2. The van der Waals surface area contributed by atoms with Crippen LogP contribution in [0.3, 0.4) is 0 Å². The molecule has 1 amide bonds. The molecule has 1 aliphatic heterocycles. The van der Waals surface area contributed by atoms with Crippen LogP contribution in [0.15, 0.2) is 30.3 Å². The average molecular weight is 291 g/mol. The molecule has 6 heteroatoms. The molecule has 112 valence electrons. The maximum atomic E-state index is 12.2. The van der Waals surface area contributed by atoms with Crippen LogP contribution < -0.4 is 0 Å². The molecule has 1 heterocycles. The van der Waals surface area contributed by atoms with E-state index in [1.54, 1.807) is 0 Å². The van der Waals surface area contributed by atoms with Crippen LogP contribution in [0.5, 0.6) is 0 Å². The van der Waals surface area contributed by atoms with Crippen molar-refractivity contribution >= 4 is 12.1 Å². The van der Waals surface area contributed by atoms with Crippen molar-refractivity contribution in [2.75, 3.05) is 0 Å². The fourth-order valence-corrected chi connectivity index (χ4v) is 3.38. The summed E-state index contributed by atoms with van der Waals surface area (Å²) in [4.78, 5) is 24.8. The minimum absolute atomic E-state index is 0.0932. The third kappa shape index (κ3) is 2.47. The number of carboxylic acid groups (broad SMARTS) is 1. The van der Waals surface area contributed by atoms with E-state index >= 15 is 0 Å². The standard InChI is InChI=1S/C15H17NO5/c17-12-7-10-6-11(12)16(13(10)14(18)19)15(20)21-8-9-4-2-1-3-5-9/h1-5,10-13,17H,6-8H2,(H,18,19)/t10-,11+,12+,13+/m0/s1. The minimum Gasteiger partial charge on any atom is -0.480 e. The number of carbonyl (C=O) groups excluding carboxylic acids is 1. The number of ether oxygens (including phenoxy) is 1. The number of likely N-dealkylation sites (tertiary alicyclic amines) is 1. The molecule has 4 atom stereocenters. The number of amides is 1. The number of fused-ring (bicyclic) bond motifs is 2. The fraction of sp³-hybridized carbons (Fsp3) is 0.467. The van der Waals surface area contributed by atoms with E-state index in [2.05, 4.69) is 0 Å². The van der Waals surface area contributed by atoms with Crippen molar-refractivity contribution in [3.8, 4) is 0 Å². The molecule has 6 nitrogen and oxygen atoms in total. The van der Waals surface area contributed by atoms with Crippen LogP contribution in [0.1, 0.15) is 18.4 Å². The number of aliphatic carboxylic acids is 1. The summed E-state index contributed by atoms with van der Waals surface area (Å²) in [6.45, 7) is 0.0932. The molecule has 1 aliphatic carbocycles. The molecule has 2 N–H and O–H groups in total. The molecular weight excluding hydrogens is 274 g/mol. The second-order valence-corrected chi connectivity index (χ2v) is 5.60. The highest BCUT2D eigenvalue weighted by molar-refractivity contribution is 5.82. The summed E-state index contributed by atoms with van der Waals surface area (Å²) in [5, 5.41) is 19.2. The zero-order chi connectivity index (χ0) is 15.0. The van der Waals surface area contributed by atoms with E-state index < -0.39 is 30.3 Å². The van der Waals surface area contributed by atoms with Gasteiger partial charge in [0.05, 0.1) is 12.1 Å². The molecule has 1 aromatic rings. The lowest BCUT2D eigenvalue weighted by molar-refractivity contribution is -0.145. The Kier molecular flexibility index (Phi) is 3.55. The van der Waals surface area contributed by atoms with Crippen LogP contribution >= 0.6 is 0 Å². The Labute approximate surface area is 121 Å². The molecule has 2 fully saturated rings. The molecule has 2 aliphatic rings. The van der Waals surface area contributed by atoms with Gasteiger partial charge >= 0.3 is 12.1 Å². The lowest BCUT2D eigenvalue weighted by Crippen LogP contribution is -2.53. The van der Waals surface area contributed by atoms with E-state index in [-0.39, 0.29) is 12.5 Å². The lowest BCUT2D eigenvalue weighted by Gasteiger charge is -2.34. The number of hydrogen-bond acceptors (Lipinski definition) is 4. The van der Waals surface area contributed by atoms with Crippen LogP contribution in [-0.2, 0) is 16.1 Å². The number of nitrogens with zero attached hydrogens (tertiary/aromatic N) is 1. The van der Waals surface area contributed by atoms with Crippen LogP contribution in [0.2, 0.25) is 0 Å². The lowest BCUT2D eigenvalue weighted by atomic mass is 9.98. The van der Waals surface area contributed by atoms with E-state index in [4.69, 9.17) is 4.74 Å². The number of hydrogen-bond donors (Lipinski definition) is 2. The summed E-state index contributed by atoms with van der Waals surface area (Å²) in [7, 11) is 0. The number of aliphatic hydroxyl groups is 1. The Morgan fingerprint density at radius 2 is 1.95 bits per heavy atom. The van der Waals surface area contributed by atoms with Gasteiger partial charge in [0.15, 0.2) is 0 Å². The topological polar surface area (TPSA) is 87.1 Å². The molecule has 2 bridgehead atoms. The van der Waals surface area contributed by atoms with E-state index in [9.17, 15) is 19.8 Å². The number of rotatable bonds is 3. The largest absolute Gasteiger partial charge is 0.480 e. The molecule has 0 radical (unpaired) electrons. The molecule has 1 saturated carbocycles. The summed E-state index contributed by atoms with van der Waals surface area (Å²) in [5.74, 6) is -1.22. The Bertz CT molecular complexity index is 546.